The number of piperazine rings is 1. The number of nitrogens with one attached hydrogen (secondary N) is 1. The molecule has 0 spiro atoms. The highest BCUT2D eigenvalue weighted by molar-refractivity contribution is 7.88. The Morgan fingerprint density at radius 3 is 2.42 bits per heavy atom. The fraction of sp³-hybridized carbons (Fsp3) is 0.406. The van der Waals surface area contributed by atoms with Crippen LogP contribution in [0.2, 0.25) is 5.02 Å². The van der Waals surface area contributed by atoms with Gasteiger partial charge in [-0.05, 0) is 43.5 Å². The van der Waals surface area contributed by atoms with E-state index >= 15 is 0 Å². The number of alkyl halides is 3. The molecule has 1 fully saturated rings. The van der Waals surface area contributed by atoms with Gasteiger partial charge in [0.15, 0.2) is 17.3 Å². The van der Waals surface area contributed by atoms with Gasteiger partial charge in [-0.25, -0.2) is 18.4 Å². The molecule has 0 radical (unpaired) electrons. The number of anilines is 2. The van der Waals surface area contributed by atoms with Crippen LogP contribution >= 0.6 is 11.6 Å². The third-order valence-corrected chi connectivity index (χ3v) is 10.6. The van der Waals surface area contributed by atoms with Crippen LogP contribution in [0.15, 0.2) is 35.4 Å². The summed E-state index contributed by atoms with van der Waals surface area (Å²) in [7, 11) is -3.45. The predicted molar refractivity (Wildman–Crippen MR) is 187 cm³/mol. The van der Waals surface area contributed by atoms with Crippen LogP contribution in [0.25, 0.3) is 11.4 Å². The maximum Gasteiger partial charge on any atom is 0.416 e. The SMILES string of the molecule is CCc1c(N2CCN(C(=O)c3ncnc(C)c3O)CC2)c(=O)n2nc(C3=CCN(S(C)(=O)=O)CC3)nc2n1CC(=O)Nc1ccc(C(F)(F)F)cc1Cl. The first-order valence-electron chi connectivity index (χ1n) is 16.4. The van der Waals surface area contributed by atoms with Crippen LogP contribution in [0.4, 0.5) is 24.5 Å². The van der Waals surface area contributed by atoms with E-state index in [0.29, 0.717) is 17.3 Å². The molecule has 5 heterocycles. The van der Waals surface area contributed by atoms with E-state index in [1.165, 1.54) is 20.1 Å². The lowest BCUT2D eigenvalue weighted by Crippen LogP contribution is -2.51. The number of amides is 2. The molecule has 3 aromatic heterocycles. The molecule has 0 bridgehead atoms. The molecule has 0 unspecified atom stereocenters. The number of aromatic nitrogens is 6. The van der Waals surface area contributed by atoms with Gasteiger partial charge < -0.3 is 24.8 Å². The smallest absolute Gasteiger partial charge is 0.416 e. The van der Waals surface area contributed by atoms with Crippen molar-refractivity contribution in [2.45, 2.75) is 39.4 Å². The van der Waals surface area contributed by atoms with E-state index in [1.807, 2.05) is 0 Å². The highest BCUT2D eigenvalue weighted by Crippen LogP contribution is 2.34. The second-order valence-corrected chi connectivity index (χ2v) is 14.9. The number of carbonyl (C=O) groups excluding carboxylic acids is 2. The average Bonchev–Trinajstić information content (AvgIpc) is 3.57. The lowest BCUT2D eigenvalue weighted by molar-refractivity contribution is -0.137. The van der Waals surface area contributed by atoms with Crippen molar-refractivity contribution < 1.29 is 36.3 Å². The van der Waals surface area contributed by atoms with E-state index in [2.05, 4.69) is 25.4 Å². The normalized spacial score (nSPS) is 15.9. The number of nitrogens with zero attached hydrogens (tertiary/aromatic N) is 9. The van der Waals surface area contributed by atoms with E-state index < -0.39 is 45.7 Å². The number of benzene rings is 1. The molecule has 21 heteroatoms. The Bertz CT molecular complexity index is 2320. The Kier molecular flexibility index (Phi) is 10.2. The summed E-state index contributed by atoms with van der Waals surface area (Å²) >= 11 is 6.11. The van der Waals surface area contributed by atoms with E-state index in [-0.39, 0.29) is 97.2 Å². The molecule has 6 rings (SSSR count). The van der Waals surface area contributed by atoms with Crippen LogP contribution in [0.1, 0.15) is 46.6 Å². The first-order valence-corrected chi connectivity index (χ1v) is 18.6. The molecule has 1 saturated heterocycles. The van der Waals surface area contributed by atoms with Gasteiger partial charge >= 0.3 is 6.18 Å². The Labute approximate surface area is 305 Å². The van der Waals surface area contributed by atoms with Crippen molar-refractivity contribution in [1.82, 2.24) is 38.3 Å². The predicted octanol–water partition coefficient (Wildman–Crippen LogP) is 2.58. The summed E-state index contributed by atoms with van der Waals surface area (Å²) in [5, 5.41) is 17.1. The van der Waals surface area contributed by atoms with Crippen molar-refractivity contribution in [2.24, 2.45) is 0 Å². The van der Waals surface area contributed by atoms with Gasteiger partial charge in [-0.2, -0.15) is 27.0 Å². The second-order valence-electron chi connectivity index (χ2n) is 12.5. The molecule has 1 aromatic carbocycles. The number of carbonyl (C=O) groups is 2. The van der Waals surface area contributed by atoms with Gasteiger partial charge in [-0.15, -0.1) is 5.10 Å². The number of hydrogen-bond donors (Lipinski definition) is 2. The van der Waals surface area contributed by atoms with Crippen LogP contribution in [0, 0.1) is 6.92 Å². The van der Waals surface area contributed by atoms with Crippen LogP contribution in [0.5, 0.6) is 5.75 Å². The summed E-state index contributed by atoms with van der Waals surface area (Å²) < 4.78 is 67.6. The average molecular weight is 779 g/mol. The minimum atomic E-state index is -4.64. The summed E-state index contributed by atoms with van der Waals surface area (Å²) in [6.45, 7) is 3.80. The molecule has 2 N–H and O–H groups in total. The fourth-order valence-corrected chi connectivity index (χ4v) is 7.25. The number of halogens is 4. The standard InChI is InChI=1S/C32H34ClF3N10O6S/c1-4-23-26(42-11-13-43(14-12-42)29(49)25-27(48)18(2)37-17-38-25)30(50)46-31(40-28(41-46)19-7-9-44(10-8-19)53(3,51)52)45(23)16-24(47)39-22-6-5-20(15-21(22)33)32(34,35)36/h5-7,15,17,48H,4,8-14,16H2,1-3H3,(H,39,47). The Morgan fingerprint density at radius 2 is 1.81 bits per heavy atom. The summed E-state index contributed by atoms with van der Waals surface area (Å²) in [6, 6.07) is 2.54. The topological polar surface area (TPSA) is 188 Å². The number of hydrogen-bond acceptors (Lipinski definition) is 11. The Morgan fingerprint density at radius 1 is 1.09 bits per heavy atom. The van der Waals surface area contributed by atoms with Gasteiger partial charge in [0, 0.05) is 39.3 Å². The number of sulfonamides is 1. The molecule has 53 heavy (non-hydrogen) atoms. The monoisotopic (exact) mass is 778 g/mol. The Hall–Kier alpha value is -5.08. The Balaban J connectivity index is 1.36. The molecule has 2 aliphatic heterocycles. The van der Waals surface area contributed by atoms with Crippen LogP contribution < -0.4 is 15.8 Å². The van der Waals surface area contributed by atoms with Gasteiger partial charge in [-0.1, -0.05) is 24.6 Å². The van der Waals surface area contributed by atoms with Gasteiger partial charge in [0.25, 0.3) is 11.5 Å². The second kappa shape index (κ2) is 14.4. The summed E-state index contributed by atoms with van der Waals surface area (Å²) in [5.74, 6) is -1.35. The van der Waals surface area contributed by atoms with Gasteiger partial charge in [0.1, 0.15) is 18.6 Å². The van der Waals surface area contributed by atoms with Crippen molar-refractivity contribution >= 4 is 56.2 Å². The molecule has 2 aliphatic rings. The maximum atomic E-state index is 14.3. The fourth-order valence-electron chi connectivity index (χ4n) is 6.25. The molecule has 282 valence electrons. The van der Waals surface area contributed by atoms with Gasteiger partial charge in [-0.3, -0.25) is 14.4 Å². The van der Waals surface area contributed by atoms with E-state index in [1.54, 1.807) is 24.8 Å². The lowest BCUT2D eigenvalue weighted by Gasteiger charge is -2.36. The van der Waals surface area contributed by atoms with Gasteiger partial charge in [0.2, 0.25) is 21.7 Å². The first kappa shape index (κ1) is 37.7. The first-order chi connectivity index (χ1) is 25.0. The molecule has 2 amide bonds. The van der Waals surface area contributed by atoms with Crippen molar-refractivity contribution in [3.8, 4) is 5.75 Å². The molecular formula is C32H34ClF3N10O6S. The van der Waals surface area contributed by atoms with Crippen molar-refractivity contribution in [2.75, 3.05) is 55.7 Å². The highest BCUT2D eigenvalue weighted by atomic mass is 35.5. The molecule has 0 aliphatic carbocycles. The van der Waals surface area contributed by atoms with Crippen molar-refractivity contribution in [3.63, 3.8) is 0 Å². The van der Waals surface area contributed by atoms with E-state index in [0.717, 1.165) is 22.9 Å². The lowest BCUT2D eigenvalue weighted by atomic mass is 10.1. The molecular weight excluding hydrogens is 745 g/mol. The molecule has 16 nitrogen and oxygen atoms in total. The summed E-state index contributed by atoms with van der Waals surface area (Å²) in [4.78, 5) is 56.7. The number of aromatic hydroxyl groups is 1. The quantitative estimate of drug-likeness (QED) is 0.268. The largest absolute Gasteiger partial charge is 0.504 e. The number of rotatable bonds is 8. The maximum absolute atomic E-state index is 14.3. The molecule has 0 atom stereocenters. The minimum absolute atomic E-state index is 0.00845. The van der Waals surface area contributed by atoms with Gasteiger partial charge in [0.05, 0.1) is 33.9 Å². The summed E-state index contributed by atoms with van der Waals surface area (Å²) in [6.07, 6.45) is -0.204. The zero-order valence-corrected chi connectivity index (χ0v) is 30.3. The van der Waals surface area contributed by atoms with Crippen LogP contribution in [-0.4, -0.2) is 109 Å². The third-order valence-electron chi connectivity index (χ3n) is 9.05. The summed E-state index contributed by atoms with van der Waals surface area (Å²) in [5.41, 5.74) is -0.293. The van der Waals surface area contributed by atoms with Crippen LogP contribution in [0.3, 0.4) is 0 Å². The van der Waals surface area contributed by atoms with E-state index in [4.69, 9.17) is 11.6 Å². The number of aryl methyl sites for hydroxylation is 1. The highest BCUT2D eigenvalue weighted by Gasteiger charge is 2.33. The minimum Gasteiger partial charge on any atom is -0.504 e. The number of fused-ring (bicyclic) bond motifs is 1. The molecule has 4 aromatic rings. The zero-order valence-electron chi connectivity index (χ0n) is 28.7. The van der Waals surface area contributed by atoms with E-state index in [9.17, 15) is 41.1 Å². The third kappa shape index (κ3) is 7.56. The van der Waals surface area contributed by atoms with Crippen molar-refractivity contribution in [1.29, 1.82) is 0 Å². The van der Waals surface area contributed by atoms with Crippen LogP contribution in [-0.2, 0) is 34.0 Å². The zero-order chi connectivity index (χ0) is 38.4. The molecule has 0 saturated carbocycles. The van der Waals surface area contributed by atoms with Crippen molar-refractivity contribution in [3.05, 3.63) is 74.4 Å².